The zero-order valence-corrected chi connectivity index (χ0v) is 28.0. The average molecular weight is 664 g/mol. The van der Waals surface area contributed by atoms with Gasteiger partial charge >= 0.3 is 0 Å². The van der Waals surface area contributed by atoms with Crippen molar-refractivity contribution in [2.24, 2.45) is 5.92 Å². The van der Waals surface area contributed by atoms with Crippen LogP contribution in [0, 0.1) is 11.7 Å². The van der Waals surface area contributed by atoms with Gasteiger partial charge in [0.1, 0.15) is 35.5 Å². The number of hydrogen-bond donors (Lipinski definition) is 3. The van der Waals surface area contributed by atoms with E-state index in [4.69, 9.17) is 9.15 Å². The van der Waals surface area contributed by atoms with Crippen LogP contribution in [-0.4, -0.2) is 85.8 Å². The third kappa shape index (κ3) is 8.52. The van der Waals surface area contributed by atoms with Gasteiger partial charge in [-0.15, -0.1) is 0 Å². The maximum absolute atomic E-state index is 15.6. The van der Waals surface area contributed by atoms with Crippen LogP contribution in [0.2, 0.25) is 0 Å². The number of halogens is 1. The molecule has 5 rings (SSSR count). The first kappa shape index (κ1) is 34.9. The molecule has 12 heteroatoms. The first-order chi connectivity index (χ1) is 23.2. The van der Waals surface area contributed by atoms with Gasteiger partial charge in [0.25, 0.3) is 5.91 Å². The van der Waals surface area contributed by atoms with Crippen molar-refractivity contribution in [3.63, 3.8) is 0 Å². The molecule has 258 valence electrons. The maximum atomic E-state index is 15.6. The van der Waals surface area contributed by atoms with Gasteiger partial charge in [0, 0.05) is 50.5 Å². The molecule has 2 aromatic carbocycles. The number of methoxy groups -OCH3 is 1. The summed E-state index contributed by atoms with van der Waals surface area (Å²) in [6, 6.07) is 7.82. The van der Waals surface area contributed by atoms with Crippen LogP contribution in [0.1, 0.15) is 67.8 Å². The van der Waals surface area contributed by atoms with Gasteiger partial charge in [0.2, 0.25) is 17.7 Å². The molecule has 4 amide bonds. The summed E-state index contributed by atoms with van der Waals surface area (Å²) in [6.07, 6.45) is 7.19. The van der Waals surface area contributed by atoms with Gasteiger partial charge in [-0.3, -0.25) is 19.2 Å². The van der Waals surface area contributed by atoms with E-state index in [2.05, 4.69) is 20.9 Å². The Labute approximate surface area is 280 Å². The maximum Gasteiger partial charge on any atom is 0.255 e. The lowest BCUT2D eigenvalue weighted by Gasteiger charge is -2.34. The van der Waals surface area contributed by atoms with E-state index in [-0.39, 0.29) is 36.3 Å². The summed E-state index contributed by atoms with van der Waals surface area (Å²) in [5.41, 5.74) is 1.26. The Balaban J connectivity index is 1.31. The third-order valence-electron chi connectivity index (χ3n) is 9.47. The van der Waals surface area contributed by atoms with E-state index in [1.165, 1.54) is 18.4 Å². The molecule has 11 nitrogen and oxygen atoms in total. The molecule has 0 unspecified atom stereocenters. The zero-order valence-electron chi connectivity index (χ0n) is 28.0. The summed E-state index contributed by atoms with van der Waals surface area (Å²) in [5.74, 6) is -1.63. The van der Waals surface area contributed by atoms with Crippen molar-refractivity contribution in [1.82, 2.24) is 20.4 Å². The molecule has 2 fully saturated rings. The molecule has 1 aromatic heterocycles. The quantitative estimate of drug-likeness (QED) is 0.258. The molecule has 0 spiro atoms. The predicted molar refractivity (Wildman–Crippen MR) is 180 cm³/mol. The van der Waals surface area contributed by atoms with Crippen molar-refractivity contribution in [3.05, 3.63) is 59.6 Å². The average Bonchev–Trinajstić information content (AvgIpc) is 3.33. The highest BCUT2D eigenvalue weighted by atomic mass is 19.1. The largest absolute Gasteiger partial charge is 0.497 e. The number of ether oxygens (including phenoxy) is 1. The lowest BCUT2D eigenvalue weighted by atomic mass is 9.90. The Kier molecular flexibility index (Phi) is 11.7. The normalized spacial score (nSPS) is 17.3. The van der Waals surface area contributed by atoms with E-state index in [9.17, 15) is 19.2 Å². The minimum atomic E-state index is -0.896. The van der Waals surface area contributed by atoms with Crippen LogP contribution in [0.25, 0.3) is 11.0 Å². The van der Waals surface area contributed by atoms with Crippen LogP contribution in [0.4, 0.5) is 10.1 Å². The number of nitrogens with one attached hydrogen (secondary N) is 3. The van der Waals surface area contributed by atoms with Gasteiger partial charge in [-0.05, 0) is 55.6 Å². The number of nitrogens with zero attached hydrogens (tertiary/aromatic N) is 2. The summed E-state index contributed by atoms with van der Waals surface area (Å²) < 4.78 is 26.4. The Hall–Kier alpha value is -4.45. The van der Waals surface area contributed by atoms with Gasteiger partial charge in [-0.2, -0.15) is 0 Å². The number of carbonyl (C=O) groups excluding carboxylic acids is 4. The Morgan fingerprint density at radius 2 is 1.71 bits per heavy atom. The molecule has 2 heterocycles. The van der Waals surface area contributed by atoms with Gasteiger partial charge in [0.15, 0.2) is 0 Å². The molecule has 48 heavy (non-hydrogen) atoms. The molecule has 0 bridgehead atoms. The minimum absolute atomic E-state index is 0.0305. The number of likely N-dealkylation sites (N-methyl/N-ethyl adjacent to an activating group) is 1. The second-order valence-corrected chi connectivity index (χ2v) is 12.8. The van der Waals surface area contributed by atoms with Crippen molar-refractivity contribution in [2.45, 2.75) is 70.4 Å². The van der Waals surface area contributed by atoms with Crippen LogP contribution < -0.4 is 20.7 Å². The van der Waals surface area contributed by atoms with Crippen molar-refractivity contribution >= 4 is 40.3 Å². The first-order valence-electron chi connectivity index (χ1n) is 16.9. The standard InChI is InChI=1S/C36H46FN5O6/c1-4-32(43)38-30(36(46)42-17-15-41(2)16-18-42)20-23-11-14-29(28(37)19-23)39-35(45)33(24-9-7-5-6-8-10-24)40-34(44)27-22-48-31-21-25(47-3)12-13-26(27)31/h11-14,19,21-22,24,30,33H,4-10,15-18,20H2,1-3H3,(H,38,43)(H,39,45)(H,40,44)/t30-,33+/m1/s1. The number of anilines is 1. The van der Waals surface area contributed by atoms with Crippen molar-refractivity contribution in [3.8, 4) is 5.75 Å². The smallest absolute Gasteiger partial charge is 0.255 e. The monoisotopic (exact) mass is 663 g/mol. The number of carbonyl (C=O) groups is 4. The molecule has 1 aliphatic carbocycles. The van der Waals surface area contributed by atoms with E-state index in [0.29, 0.717) is 40.9 Å². The fourth-order valence-corrected chi connectivity index (χ4v) is 6.55. The number of hydrogen-bond acceptors (Lipinski definition) is 7. The summed E-state index contributed by atoms with van der Waals surface area (Å²) in [7, 11) is 3.54. The summed E-state index contributed by atoms with van der Waals surface area (Å²) in [5, 5.41) is 9.04. The van der Waals surface area contributed by atoms with Gasteiger partial charge in [-0.1, -0.05) is 38.7 Å². The van der Waals surface area contributed by atoms with Gasteiger partial charge in [-0.25, -0.2) is 4.39 Å². The number of fused-ring (bicyclic) bond motifs is 1. The number of benzene rings is 2. The SMILES string of the molecule is CCC(=O)N[C@H](Cc1ccc(NC(=O)[C@@H](NC(=O)c2coc3cc(OC)ccc23)C2CCCCCC2)c(F)c1)C(=O)N1CCN(C)CC1. The second-order valence-electron chi connectivity index (χ2n) is 12.8. The lowest BCUT2D eigenvalue weighted by Crippen LogP contribution is -2.54. The Bertz CT molecular complexity index is 1610. The molecule has 1 saturated carbocycles. The van der Waals surface area contributed by atoms with E-state index in [1.807, 2.05) is 7.05 Å². The van der Waals surface area contributed by atoms with Crippen molar-refractivity contribution < 1.29 is 32.7 Å². The van der Waals surface area contributed by atoms with E-state index in [0.717, 1.165) is 51.6 Å². The summed E-state index contributed by atoms with van der Waals surface area (Å²) in [6.45, 7) is 4.29. The fraction of sp³-hybridized carbons (Fsp3) is 0.500. The van der Waals surface area contributed by atoms with Crippen LogP contribution in [0.5, 0.6) is 5.75 Å². The van der Waals surface area contributed by atoms with Crippen LogP contribution >= 0.6 is 0 Å². The molecule has 2 atom stereocenters. The van der Waals surface area contributed by atoms with Crippen LogP contribution in [0.3, 0.4) is 0 Å². The zero-order chi connectivity index (χ0) is 34.2. The van der Waals surface area contributed by atoms with Crippen molar-refractivity contribution in [1.29, 1.82) is 0 Å². The van der Waals surface area contributed by atoms with E-state index in [1.54, 1.807) is 43.2 Å². The van der Waals surface area contributed by atoms with Gasteiger partial charge < -0.3 is 34.9 Å². The molecular formula is C36H46FN5O6. The number of amides is 4. The number of furan rings is 1. The molecule has 1 saturated heterocycles. The third-order valence-corrected chi connectivity index (χ3v) is 9.47. The molecule has 2 aliphatic rings. The highest BCUT2D eigenvalue weighted by Crippen LogP contribution is 2.29. The summed E-state index contributed by atoms with van der Waals surface area (Å²) in [4.78, 5) is 56.9. The highest BCUT2D eigenvalue weighted by molar-refractivity contribution is 6.08. The van der Waals surface area contributed by atoms with Crippen LogP contribution in [-0.2, 0) is 20.8 Å². The lowest BCUT2D eigenvalue weighted by molar-refractivity contribution is -0.137. The molecule has 3 N–H and O–H groups in total. The predicted octanol–water partition coefficient (Wildman–Crippen LogP) is 4.50. The molecule has 0 radical (unpaired) electrons. The number of piperazine rings is 1. The minimum Gasteiger partial charge on any atom is -0.497 e. The highest BCUT2D eigenvalue weighted by Gasteiger charge is 2.33. The number of rotatable bonds is 11. The topological polar surface area (TPSA) is 133 Å². The van der Waals surface area contributed by atoms with Crippen molar-refractivity contribution in [2.75, 3.05) is 45.7 Å². The fourth-order valence-electron chi connectivity index (χ4n) is 6.55. The molecule has 1 aliphatic heterocycles. The Morgan fingerprint density at radius 3 is 2.38 bits per heavy atom. The van der Waals surface area contributed by atoms with Crippen LogP contribution in [0.15, 0.2) is 47.1 Å². The second kappa shape index (κ2) is 16.1. The Morgan fingerprint density at radius 1 is 0.979 bits per heavy atom. The van der Waals surface area contributed by atoms with E-state index >= 15 is 4.39 Å². The molecular weight excluding hydrogens is 617 g/mol. The van der Waals surface area contributed by atoms with Gasteiger partial charge in [0.05, 0.1) is 18.4 Å². The van der Waals surface area contributed by atoms with E-state index < -0.39 is 29.7 Å². The molecule has 3 aromatic rings. The summed E-state index contributed by atoms with van der Waals surface area (Å²) >= 11 is 0. The first-order valence-corrected chi connectivity index (χ1v) is 16.9.